The minimum atomic E-state index is -0.0218. The lowest BCUT2D eigenvalue weighted by atomic mass is 9.85. The van der Waals surface area contributed by atoms with E-state index in [0.29, 0.717) is 24.9 Å². The molecule has 2 rings (SSSR count). The first-order chi connectivity index (χ1) is 5.86. The van der Waals surface area contributed by atoms with Gasteiger partial charge in [-0.15, -0.1) is 0 Å². The molecule has 0 aromatic rings. The molecule has 0 aliphatic carbocycles. The summed E-state index contributed by atoms with van der Waals surface area (Å²) in [6.07, 6.45) is 2.83. The molecule has 1 unspecified atom stereocenters. The molecule has 0 saturated carbocycles. The fourth-order valence-electron chi connectivity index (χ4n) is 2.02. The Morgan fingerprint density at radius 3 is 2.50 bits per heavy atom. The average Bonchev–Trinajstić information content (AvgIpc) is 2.54. The topological polar surface area (TPSA) is 35.5 Å². The largest absolute Gasteiger partial charge is 0.465 e. The van der Waals surface area contributed by atoms with Crippen LogP contribution in [0.25, 0.3) is 0 Å². The third kappa shape index (κ3) is 1.61. The Labute approximate surface area is 72.0 Å². The van der Waals surface area contributed by atoms with Crippen LogP contribution in [0.4, 0.5) is 0 Å². The van der Waals surface area contributed by atoms with E-state index in [9.17, 15) is 4.79 Å². The fraction of sp³-hybridized carbons (Fsp3) is 0.889. The zero-order chi connectivity index (χ0) is 8.39. The molecule has 0 aromatic heterocycles. The van der Waals surface area contributed by atoms with Crippen molar-refractivity contribution in [3.8, 4) is 0 Å². The number of esters is 1. The summed E-state index contributed by atoms with van der Waals surface area (Å²) in [6.45, 7) is 2.36. The van der Waals surface area contributed by atoms with Gasteiger partial charge in [0.25, 0.3) is 0 Å². The molecule has 2 aliphatic rings. The predicted octanol–water partition coefficient (Wildman–Crippen LogP) is 0.976. The first-order valence-electron chi connectivity index (χ1n) is 4.59. The zero-order valence-corrected chi connectivity index (χ0v) is 7.12. The molecule has 2 heterocycles. The first kappa shape index (κ1) is 8.05. The molecule has 3 heteroatoms. The number of ether oxygens (including phenoxy) is 2. The molecule has 68 valence electrons. The van der Waals surface area contributed by atoms with Crippen LogP contribution in [0.15, 0.2) is 0 Å². The summed E-state index contributed by atoms with van der Waals surface area (Å²) in [4.78, 5) is 10.8. The SMILES string of the molecule is O=C1CC(C2CCOCC2)CO1. The zero-order valence-electron chi connectivity index (χ0n) is 7.12. The fourth-order valence-corrected chi connectivity index (χ4v) is 2.02. The maximum atomic E-state index is 10.8. The van der Waals surface area contributed by atoms with Crippen molar-refractivity contribution in [2.24, 2.45) is 11.8 Å². The van der Waals surface area contributed by atoms with Gasteiger partial charge in [0.1, 0.15) is 0 Å². The van der Waals surface area contributed by atoms with Crippen LogP contribution in [0.5, 0.6) is 0 Å². The number of hydrogen-bond donors (Lipinski definition) is 0. The van der Waals surface area contributed by atoms with Crippen molar-refractivity contribution in [2.75, 3.05) is 19.8 Å². The predicted molar refractivity (Wildman–Crippen MR) is 42.6 cm³/mol. The van der Waals surface area contributed by atoms with E-state index in [1.54, 1.807) is 0 Å². The highest BCUT2D eigenvalue weighted by Gasteiger charge is 2.31. The Bertz CT molecular complexity index is 173. The quantitative estimate of drug-likeness (QED) is 0.550. The minimum Gasteiger partial charge on any atom is -0.465 e. The van der Waals surface area contributed by atoms with Crippen LogP contribution < -0.4 is 0 Å². The second kappa shape index (κ2) is 3.44. The smallest absolute Gasteiger partial charge is 0.306 e. The van der Waals surface area contributed by atoms with Gasteiger partial charge in [-0.2, -0.15) is 0 Å². The van der Waals surface area contributed by atoms with Gasteiger partial charge < -0.3 is 9.47 Å². The molecule has 0 amide bonds. The number of cyclic esters (lactones) is 1. The minimum absolute atomic E-state index is 0.0218. The van der Waals surface area contributed by atoms with Crippen LogP contribution in [0.2, 0.25) is 0 Å². The summed E-state index contributed by atoms with van der Waals surface area (Å²) in [5, 5.41) is 0. The van der Waals surface area contributed by atoms with Crippen molar-refractivity contribution in [1.29, 1.82) is 0 Å². The lowest BCUT2D eigenvalue weighted by Gasteiger charge is -2.25. The third-order valence-corrected chi connectivity index (χ3v) is 2.82. The van der Waals surface area contributed by atoms with Crippen molar-refractivity contribution in [1.82, 2.24) is 0 Å². The van der Waals surface area contributed by atoms with Crippen molar-refractivity contribution in [3.63, 3.8) is 0 Å². The van der Waals surface area contributed by atoms with E-state index in [0.717, 1.165) is 26.1 Å². The van der Waals surface area contributed by atoms with Crippen LogP contribution in [-0.4, -0.2) is 25.8 Å². The molecule has 12 heavy (non-hydrogen) atoms. The van der Waals surface area contributed by atoms with Gasteiger partial charge in [0.15, 0.2) is 0 Å². The summed E-state index contributed by atoms with van der Waals surface area (Å²) in [6, 6.07) is 0. The van der Waals surface area contributed by atoms with E-state index in [1.807, 2.05) is 0 Å². The van der Waals surface area contributed by atoms with E-state index in [1.165, 1.54) is 0 Å². The van der Waals surface area contributed by atoms with Gasteiger partial charge in [0, 0.05) is 19.1 Å². The lowest BCUT2D eigenvalue weighted by molar-refractivity contribution is -0.137. The van der Waals surface area contributed by atoms with Gasteiger partial charge in [-0.25, -0.2) is 0 Å². The van der Waals surface area contributed by atoms with Crippen molar-refractivity contribution in [3.05, 3.63) is 0 Å². The molecular formula is C9H14O3. The molecule has 3 nitrogen and oxygen atoms in total. The maximum Gasteiger partial charge on any atom is 0.306 e. The Kier molecular flexibility index (Phi) is 2.30. The van der Waals surface area contributed by atoms with Crippen LogP contribution in [-0.2, 0) is 14.3 Å². The van der Waals surface area contributed by atoms with Crippen LogP contribution in [0.1, 0.15) is 19.3 Å². The normalized spacial score (nSPS) is 32.0. The van der Waals surface area contributed by atoms with Crippen molar-refractivity contribution >= 4 is 5.97 Å². The van der Waals surface area contributed by atoms with Crippen LogP contribution >= 0.6 is 0 Å². The van der Waals surface area contributed by atoms with Gasteiger partial charge in [-0.05, 0) is 18.8 Å². The van der Waals surface area contributed by atoms with E-state index in [2.05, 4.69) is 0 Å². The summed E-state index contributed by atoms with van der Waals surface area (Å²) >= 11 is 0. The molecule has 1 atom stereocenters. The van der Waals surface area contributed by atoms with E-state index in [-0.39, 0.29) is 5.97 Å². The Hall–Kier alpha value is -0.570. The Morgan fingerprint density at radius 1 is 1.17 bits per heavy atom. The highest BCUT2D eigenvalue weighted by Crippen LogP contribution is 2.30. The summed E-state index contributed by atoms with van der Waals surface area (Å²) in [5.74, 6) is 1.11. The van der Waals surface area contributed by atoms with Gasteiger partial charge in [-0.3, -0.25) is 4.79 Å². The molecule has 0 aromatic carbocycles. The van der Waals surface area contributed by atoms with Crippen molar-refractivity contribution in [2.45, 2.75) is 19.3 Å². The average molecular weight is 170 g/mol. The van der Waals surface area contributed by atoms with Gasteiger partial charge >= 0.3 is 5.97 Å². The molecule has 0 radical (unpaired) electrons. The number of carbonyl (C=O) groups is 1. The second-order valence-electron chi connectivity index (χ2n) is 3.60. The molecule has 2 fully saturated rings. The highest BCUT2D eigenvalue weighted by molar-refractivity contribution is 5.71. The number of carbonyl (C=O) groups excluding carboxylic acids is 1. The van der Waals surface area contributed by atoms with E-state index >= 15 is 0 Å². The van der Waals surface area contributed by atoms with Gasteiger partial charge in [0.2, 0.25) is 0 Å². The Morgan fingerprint density at radius 2 is 1.92 bits per heavy atom. The van der Waals surface area contributed by atoms with Crippen LogP contribution in [0, 0.1) is 11.8 Å². The standard InChI is InChI=1S/C9H14O3/c10-9-5-8(6-12-9)7-1-3-11-4-2-7/h7-8H,1-6H2. The van der Waals surface area contributed by atoms with Gasteiger partial charge in [-0.1, -0.05) is 0 Å². The molecule has 0 bridgehead atoms. The summed E-state index contributed by atoms with van der Waals surface area (Å²) < 4.78 is 10.2. The number of hydrogen-bond acceptors (Lipinski definition) is 3. The van der Waals surface area contributed by atoms with Crippen LogP contribution in [0.3, 0.4) is 0 Å². The lowest BCUT2D eigenvalue weighted by Crippen LogP contribution is -2.23. The summed E-state index contributed by atoms with van der Waals surface area (Å²) in [5.41, 5.74) is 0. The summed E-state index contributed by atoms with van der Waals surface area (Å²) in [7, 11) is 0. The van der Waals surface area contributed by atoms with Gasteiger partial charge in [0.05, 0.1) is 13.0 Å². The molecular weight excluding hydrogens is 156 g/mol. The first-order valence-corrected chi connectivity index (χ1v) is 4.59. The second-order valence-corrected chi connectivity index (χ2v) is 3.60. The Balaban J connectivity index is 1.86. The van der Waals surface area contributed by atoms with Crippen molar-refractivity contribution < 1.29 is 14.3 Å². The van der Waals surface area contributed by atoms with E-state index < -0.39 is 0 Å². The monoisotopic (exact) mass is 170 g/mol. The maximum absolute atomic E-state index is 10.8. The third-order valence-electron chi connectivity index (χ3n) is 2.82. The molecule has 0 N–H and O–H groups in total. The molecule has 2 aliphatic heterocycles. The molecule has 2 saturated heterocycles. The molecule has 0 spiro atoms. The highest BCUT2D eigenvalue weighted by atomic mass is 16.5. The van der Waals surface area contributed by atoms with E-state index in [4.69, 9.17) is 9.47 Å². The number of rotatable bonds is 1.